The first kappa shape index (κ1) is 29.4. The van der Waals surface area contributed by atoms with Crippen molar-refractivity contribution in [1.29, 1.82) is 0 Å². The molecule has 1 unspecified atom stereocenters. The number of carbonyl (C=O) groups is 1. The molecule has 1 aromatic heterocycles. The normalized spacial score (nSPS) is 15.8. The van der Waals surface area contributed by atoms with Crippen molar-refractivity contribution in [1.82, 2.24) is 24.4 Å². The lowest BCUT2D eigenvalue weighted by atomic mass is 9.94. The molecule has 1 aliphatic heterocycles. The summed E-state index contributed by atoms with van der Waals surface area (Å²) in [5.74, 6) is 0.334. The molecule has 0 bridgehead atoms. The summed E-state index contributed by atoms with van der Waals surface area (Å²) >= 11 is 0. The minimum Gasteiger partial charge on any atom is -0.444 e. The number of hydrogen-bond donors (Lipinski definition) is 1. The number of anilines is 2. The molecule has 1 aliphatic rings. The Balaban J connectivity index is 1.28. The van der Waals surface area contributed by atoms with E-state index < -0.39 is 21.7 Å². The van der Waals surface area contributed by atoms with E-state index in [1.165, 1.54) is 21.0 Å². The van der Waals surface area contributed by atoms with Gasteiger partial charge in [0.15, 0.2) is 0 Å². The van der Waals surface area contributed by atoms with Gasteiger partial charge >= 0.3 is 16.1 Å². The summed E-state index contributed by atoms with van der Waals surface area (Å²) in [6.07, 6.45) is -0.413. The first-order valence-corrected chi connectivity index (χ1v) is 15.4. The van der Waals surface area contributed by atoms with Gasteiger partial charge in [0.25, 0.3) is 0 Å². The Kier molecular flexibility index (Phi) is 7.91. The molecule has 10 nitrogen and oxygen atoms in total. The van der Waals surface area contributed by atoms with E-state index in [4.69, 9.17) is 9.72 Å². The Bertz CT molecular complexity index is 1720. The number of nitrogens with zero attached hydrogens (tertiary/aromatic N) is 5. The highest BCUT2D eigenvalue weighted by atomic mass is 32.2. The second kappa shape index (κ2) is 11.3. The van der Waals surface area contributed by atoms with Crippen LogP contribution in [0.25, 0.3) is 22.2 Å². The van der Waals surface area contributed by atoms with Gasteiger partial charge < -0.3 is 15.0 Å². The van der Waals surface area contributed by atoms with Crippen molar-refractivity contribution in [2.45, 2.75) is 52.0 Å². The molecule has 42 heavy (non-hydrogen) atoms. The van der Waals surface area contributed by atoms with Crippen LogP contribution >= 0.6 is 0 Å². The predicted octanol–water partition coefficient (Wildman–Crippen LogP) is 5.76. The number of benzene rings is 3. The molecule has 1 saturated heterocycles. The fourth-order valence-electron chi connectivity index (χ4n) is 5.12. The summed E-state index contributed by atoms with van der Waals surface area (Å²) in [5, 5.41) is 11.9. The highest BCUT2D eigenvalue weighted by molar-refractivity contribution is 7.89. The van der Waals surface area contributed by atoms with E-state index in [1.54, 1.807) is 29.2 Å². The van der Waals surface area contributed by atoms with Crippen LogP contribution in [0.4, 0.5) is 16.4 Å². The molecule has 1 fully saturated rings. The van der Waals surface area contributed by atoms with Crippen molar-refractivity contribution in [2.24, 2.45) is 0 Å². The number of piperazine rings is 1. The fraction of sp³-hybridized carbons (Fsp3) is 0.355. The van der Waals surface area contributed by atoms with E-state index in [0.717, 1.165) is 16.6 Å². The number of amides is 1. The van der Waals surface area contributed by atoms with E-state index in [0.29, 0.717) is 30.2 Å². The van der Waals surface area contributed by atoms with Crippen LogP contribution in [0.3, 0.4) is 0 Å². The SMILES string of the molecule is Cc1cccc(C)c1-c1cc(C)c2nc(Nc3ccc(S(=O)(=[OH+])N4CCN(C(=O)OC(C)(C)C)CC4)cc3)nnc2c1. The van der Waals surface area contributed by atoms with E-state index in [-0.39, 0.29) is 18.0 Å². The predicted molar refractivity (Wildman–Crippen MR) is 164 cm³/mol. The fourth-order valence-corrected chi connectivity index (χ4v) is 6.56. The lowest BCUT2D eigenvalue weighted by Gasteiger charge is -2.33. The standard InChI is InChI=1S/C31H36N6O4S/c1-20-8-7-9-21(2)27(20)23-18-22(3)28-26(19-23)34-35-29(33-28)32-24-10-12-25(13-11-24)42(39,40)37-16-14-36(15-17-37)30(38)41-31(4,5)6/h7-13,18-19H,14-17H2,1-6H3,(H,32,33,35)/p+1. The van der Waals surface area contributed by atoms with Crippen molar-refractivity contribution < 1.29 is 17.9 Å². The molecule has 11 heteroatoms. The van der Waals surface area contributed by atoms with E-state index in [2.05, 4.69) is 53.6 Å². The van der Waals surface area contributed by atoms with Crippen molar-refractivity contribution in [3.05, 3.63) is 71.3 Å². The van der Waals surface area contributed by atoms with Crippen molar-refractivity contribution >= 4 is 38.8 Å². The van der Waals surface area contributed by atoms with Crippen molar-refractivity contribution in [3.63, 3.8) is 0 Å². The summed E-state index contributed by atoms with van der Waals surface area (Å²) in [6.45, 7) is 12.8. The molecule has 2 heterocycles. The van der Waals surface area contributed by atoms with Gasteiger partial charge in [-0.3, -0.25) is 0 Å². The highest BCUT2D eigenvalue weighted by Crippen LogP contribution is 2.31. The van der Waals surface area contributed by atoms with E-state index in [9.17, 15) is 13.2 Å². The van der Waals surface area contributed by atoms with Gasteiger partial charge in [-0.15, -0.1) is 10.2 Å². The molecule has 5 rings (SSSR count). The van der Waals surface area contributed by atoms with Crippen LogP contribution in [-0.4, -0.2) is 70.7 Å². The highest BCUT2D eigenvalue weighted by Gasteiger charge is 2.35. The molecule has 4 aromatic rings. The zero-order valence-electron chi connectivity index (χ0n) is 24.8. The third-order valence-electron chi connectivity index (χ3n) is 7.18. The van der Waals surface area contributed by atoms with Gasteiger partial charge in [0, 0.05) is 31.9 Å². The maximum Gasteiger partial charge on any atom is 0.410 e. The average molecular weight is 590 g/mol. The van der Waals surface area contributed by atoms with Gasteiger partial charge in [0.2, 0.25) is 5.95 Å². The topological polar surface area (TPSA) is 122 Å². The molecule has 3 aromatic carbocycles. The van der Waals surface area contributed by atoms with Crippen LogP contribution in [0.15, 0.2) is 59.5 Å². The van der Waals surface area contributed by atoms with Gasteiger partial charge in [-0.25, -0.2) is 14.0 Å². The first-order valence-electron chi connectivity index (χ1n) is 13.9. The maximum absolute atomic E-state index is 13.4. The number of hydrogen-bond acceptors (Lipinski definition) is 7. The van der Waals surface area contributed by atoms with Crippen LogP contribution in [0.2, 0.25) is 0 Å². The Morgan fingerprint density at radius 3 is 2.19 bits per heavy atom. The number of aromatic nitrogens is 3. The molecule has 0 saturated carbocycles. The zero-order chi connectivity index (χ0) is 30.2. The summed E-state index contributed by atoms with van der Waals surface area (Å²) < 4.78 is 31.2. The Hall–Kier alpha value is -4.09. The summed E-state index contributed by atoms with van der Waals surface area (Å²) in [5.41, 5.74) is 7.20. The van der Waals surface area contributed by atoms with Crippen molar-refractivity contribution in [3.8, 4) is 11.1 Å². The van der Waals surface area contributed by atoms with Crippen molar-refractivity contribution in [2.75, 3.05) is 31.5 Å². The molecule has 1 amide bonds. The minimum atomic E-state index is -3.47. The second-order valence-electron chi connectivity index (χ2n) is 11.6. The molecule has 0 radical (unpaired) electrons. The summed E-state index contributed by atoms with van der Waals surface area (Å²) in [4.78, 5) is 18.9. The lowest BCUT2D eigenvalue weighted by molar-refractivity contribution is 0.0192. The van der Waals surface area contributed by atoms with Crippen LogP contribution in [0.1, 0.15) is 37.5 Å². The molecule has 0 spiro atoms. The van der Waals surface area contributed by atoms with Crippen LogP contribution in [0, 0.1) is 20.8 Å². The van der Waals surface area contributed by atoms with Crippen LogP contribution in [0.5, 0.6) is 0 Å². The quantitative estimate of drug-likeness (QED) is 0.294. The molecule has 220 valence electrons. The number of carbonyl (C=O) groups excluding carboxylic acids is 1. The van der Waals surface area contributed by atoms with Gasteiger partial charge in [-0.1, -0.05) is 18.2 Å². The molecule has 0 aliphatic carbocycles. The zero-order valence-corrected chi connectivity index (χ0v) is 25.7. The molecular formula is C31H37N6O4S+. The third-order valence-corrected chi connectivity index (χ3v) is 9.13. The number of nitrogens with one attached hydrogen (secondary N) is 1. The lowest BCUT2D eigenvalue weighted by Crippen LogP contribution is -2.51. The molecule has 2 N–H and O–H groups in total. The van der Waals surface area contributed by atoms with E-state index in [1.807, 2.05) is 33.8 Å². The smallest absolute Gasteiger partial charge is 0.410 e. The van der Waals surface area contributed by atoms with Gasteiger partial charge in [0.1, 0.15) is 16.0 Å². The Morgan fingerprint density at radius 2 is 1.57 bits per heavy atom. The Morgan fingerprint density at radius 1 is 0.929 bits per heavy atom. The van der Waals surface area contributed by atoms with Gasteiger partial charge in [0.05, 0.1) is 5.52 Å². The van der Waals surface area contributed by atoms with E-state index >= 15 is 0 Å². The number of aryl methyl sites for hydroxylation is 3. The van der Waals surface area contributed by atoms with Crippen LogP contribution in [-0.2, 0) is 14.8 Å². The molecular weight excluding hydrogens is 552 g/mol. The number of fused-ring (bicyclic) bond motifs is 1. The third kappa shape index (κ3) is 6.22. The monoisotopic (exact) mass is 589 g/mol. The summed E-state index contributed by atoms with van der Waals surface area (Å²) in [6, 6.07) is 17.1. The second-order valence-corrected chi connectivity index (χ2v) is 13.6. The molecule has 1 atom stereocenters. The maximum atomic E-state index is 13.4. The van der Waals surface area contributed by atoms with Crippen LogP contribution < -0.4 is 5.32 Å². The van der Waals surface area contributed by atoms with Gasteiger partial charge in [-0.2, -0.15) is 8.51 Å². The largest absolute Gasteiger partial charge is 0.444 e. The van der Waals surface area contributed by atoms with Gasteiger partial charge in [-0.05, 0) is 106 Å². The first-order chi connectivity index (χ1) is 19.8. The Labute approximate surface area is 246 Å². The number of rotatable bonds is 5. The minimum absolute atomic E-state index is 0.260. The average Bonchev–Trinajstić information content (AvgIpc) is 2.93. The summed E-state index contributed by atoms with van der Waals surface area (Å²) in [7, 11) is -3.47. The number of ether oxygens (including phenoxy) is 1.